The molecule has 1 heteroatoms. The second-order valence-electron chi connectivity index (χ2n) is 7.04. The van der Waals surface area contributed by atoms with E-state index in [1.165, 1.54) is 57.8 Å². The van der Waals surface area contributed by atoms with E-state index in [9.17, 15) is 4.79 Å². The molecule has 0 spiro atoms. The molecule has 0 radical (unpaired) electrons. The highest BCUT2D eigenvalue weighted by molar-refractivity contribution is 5.81. The number of rotatable bonds is 5. The molecule has 2 unspecified atom stereocenters. The minimum atomic E-state index is 0.420. The van der Waals surface area contributed by atoms with E-state index in [1.54, 1.807) is 0 Å². The summed E-state index contributed by atoms with van der Waals surface area (Å²) < 4.78 is 0. The summed E-state index contributed by atoms with van der Waals surface area (Å²) in [6.45, 7) is 4.55. The quantitative estimate of drug-likeness (QED) is 0.651. The van der Waals surface area contributed by atoms with Crippen LogP contribution in [0, 0.1) is 23.7 Å². The third kappa shape index (κ3) is 4.07. The Bertz CT molecular complexity index is 275. The minimum Gasteiger partial charge on any atom is -0.299 e. The molecule has 2 rings (SSSR count). The highest BCUT2D eigenvalue weighted by Crippen LogP contribution is 2.41. The van der Waals surface area contributed by atoms with Gasteiger partial charge in [-0.25, -0.2) is 0 Å². The molecule has 0 bridgehead atoms. The summed E-state index contributed by atoms with van der Waals surface area (Å²) in [6, 6.07) is 0. The molecule has 1 nitrogen and oxygen atoms in total. The van der Waals surface area contributed by atoms with Gasteiger partial charge in [0, 0.05) is 12.3 Å². The Morgan fingerprint density at radius 3 is 2.21 bits per heavy atom. The largest absolute Gasteiger partial charge is 0.299 e. The standard InChI is InChI=1S/C18H32O/c1-3-5-6-16-11-12-17(13-18(16)19)15-9-7-14(4-2)8-10-15/h14-17H,3-13H2,1-2H3/t14-,15-,16?,17?. The molecule has 0 aromatic heterocycles. The maximum Gasteiger partial charge on any atom is 0.136 e. The fraction of sp³-hybridized carbons (Fsp3) is 0.944. The lowest BCUT2D eigenvalue weighted by Crippen LogP contribution is -2.31. The first-order chi connectivity index (χ1) is 9.24. The van der Waals surface area contributed by atoms with Crippen LogP contribution < -0.4 is 0 Å². The molecule has 2 aliphatic rings. The Balaban J connectivity index is 1.77. The van der Waals surface area contributed by atoms with Crippen LogP contribution in [0.2, 0.25) is 0 Å². The molecule has 0 heterocycles. The highest BCUT2D eigenvalue weighted by atomic mass is 16.1. The third-order valence-corrected chi connectivity index (χ3v) is 5.85. The summed E-state index contributed by atoms with van der Waals surface area (Å²) in [5.74, 6) is 3.61. The van der Waals surface area contributed by atoms with Gasteiger partial charge in [0.1, 0.15) is 5.78 Å². The topological polar surface area (TPSA) is 17.1 Å². The molecule has 2 atom stereocenters. The van der Waals surface area contributed by atoms with Crippen molar-refractivity contribution >= 4 is 5.78 Å². The van der Waals surface area contributed by atoms with Crippen molar-refractivity contribution in [1.82, 2.24) is 0 Å². The monoisotopic (exact) mass is 264 g/mol. The molecular formula is C18H32O. The Morgan fingerprint density at radius 1 is 0.947 bits per heavy atom. The van der Waals surface area contributed by atoms with Gasteiger partial charge in [-0.05, 0) is 49.9 Å². The fourth-order valence-corrected chi connectivity index (χ4v) is 4.33. The van der Waals surface area contributed by atoms with Gasteiger partial charge in [0.05, 0.1) is 0 Å². The normalized spacial score (nSPS) is 36.4. The van der Waals surface area contributed by atoms with Gasteiger partial charge < -0.3 is 0 Å². The van der Waals surface area contributed by atoms with Gasteiger partial charge >= 0.3 is 0 Å². The van der Waals surface area contributed by atoms with Crippen LogP contribution in [-0.4, -0.2) is 5.78 Å². The predicted octanol–water partition coefficient (Wildman–Crippen LogP) is 5.38. The smallest absolute Gasteiger partial charge is 0.136 e. The van der Waals surface area contributed by atoms with Crippen LogP contribution in [0.15, 0.2) is 0 Å². The molecular weight excluding hydrogens is 232 g/mol. The second-order valence-corrected chi connectivity index (χ2v) is 7.04. The van der Waals surface area contributed by atoms with Crippen molar-refractivity contribution in [1.29, 1.82) is 0 Å². The zero-order valence-electron chi connectivity index (χ0n) is 13.0. The molecule has 2 aliphatic carbocycles. The summed E-state index contributed by atoms with van der Waals surface area (Å²) in [5, 5.41) is 0. The number of Topliss-reactive ketones (excluding diaryl/α,β-unsaturated/α-hetero) is 1. The Kier molecular flexibility index (Phi) is 5.91. The van der Waals surface area contributed by atoms with Crippen molar-refractivity contribution in [3.8, 4) is 0 Å². The van der Waals surface area contributed by atoms with E-state index < -0.39 is 0 Å². The van der Waals surface area contributed by atoms with Gasteiger partial charge in [0.2, 0.25) is 0 Å². The van der Waals surface area contributed by atoms with Crippen LogP contribution >= 0.6 is 0 Å². The number of hydrogen-bond acceptors (Lipinski definition) is 1. The van der Waals surface area contributed by atoms with Crippen molar-refractivity contribution in [2.75, 3.05) is 0 Å². The number of carbonyl (C=O) groups excluding carboxylic acids is 1. The van der Waals surface area contributed by atoms with Crippen LogP contribution in [0.3, 0.4) is 0 Å². The van der Waals surface area contributed by atoms with E-state index in [0.29, 0.717) is 11.7 Å². The number of hydrogen-bond donors (Lipinski definition) is 0. The van der Waals surface area contributed by atoms with E-state index in [-0.39, 0.29) is 0 Å². The summed E-state index contributed by atoms with van der Waals surface area (Å²) in [4.78, 5) is 12.3. The van der Waals surface area contributed by atoms with Crippen LogP contribution in [0.1, 0.15) is 84.5 Å². The number of unbranched alkanes of at least 4 members (excludes halogenated alkanes) is 1. The number of carbonyl (C=O) groups is 1. The predicted molar refractivity (Wildman–Crippen MR) is 81.1 cm³/mol. The van der Waals surface area contributed by atoms with E-state index in [4.69, 9.17) is 0 Å². The second kappa shape index (κ2) is 7.45. The van der Waals surface area contributed by atoms with Crippen molar-refractivity contribution < 1.29 is 4.79 Å². The van der Waals surface area contributed by atoms with E-state index in [1.807, 2.05) is 0 Å². The van der Waals surface area contributed by atoms with Crippen molar-refractivity contribution in [3.05, 3.63) is 0 Å². The van der Waals surface area contributed by atoms with Crippen LogP contribution in [0.5, 0.6) is 0 Å². The summed E-state index contributed by atoms with van der Waals surface area (Å²) in [7, 11) is 0. The third-order valence-electron chi connectivity index (χ3n) is 5.85. The summed E-state index contributed by atoms with van der Waals surface area (Å²) in [6.07, 6.45) is 14.1. The van der Waals surface area contributed by atoms with Crippen LogP contribution in [-0.2, 0) is 4.79 Å². The summed E-state index contributed by atoms with van der Waals surface area (Å²) >= 11 is 0. The minimum absolute atomic E-state index is 0.420. The van der Waals surface area contributed by atoms with Gasteiger partial charge in [-0.3, -0.25) is 4.79 Å². The Morgan fingerprint density at radius 2 is 1.63 bits per heavy atom. The molecule has 0 N–H and O–H groups in total. The van der Waals surface area contributed by atoms with Gasteiger partial charge in [-0.15, -0.1) is 0 Å². The first kappa shape index (κ1) is 15.1. The lowest BCUT2D eigenvalue weighted by molar-refractivity contribution is -0.127. The van der Waals surface area contributed by atoms with Gasteiger partial charge in [-0.1, -0.05) is 46.0 Å². The van der Waals surface area contributed by atoms with E-state index in [0.717, 1.165) is 30.6 Å². The molecule has 110 valence electrons. The SMILES string of the molecule is CCCCC1CCC([C@H]2CC[C@H](CC)CC2)CC1=O. The zero-order chi connectivity index (χ0) is 13.7. The molecule has 2 fully saturated rings. The first-order valence-corrected chi connectivity index (χ1v) is 8.77. The Labute approximate surface area is 119 Å². The average Bonchev–Trinajstić information content (AvgIpc) is 2.46. The molecule has 0 aromatic rings. The van der Waals surface area contributed by atoms with Crippen molar-refractivity contribution in [3.63, 3.8) is 0 Å². The van der Waals surface area contributed by atoms with Crippen molar-refractivity contribution in [2.24, 2.45) is 23.7 Å². The first-order valence-electron chi connectivity index (χ1n) is 8.77. The fourth-order valence-electron chi connectivity index (χ4n) is 4.33. The lowest BCUT2D eigenvalue weighted by Gasteiger charge is -2.37. The molecule has 0 saturated heterocycles. The lowest BCUT2D eigenvalue weighted by atomic mass is 9.68. The van der Waals surface area contributed by atoms with Gasteiger partial charge in [0.15, 0.2) is 0 Å². The molecule has 0 amide bonds. The molecule has 0 aliphatic heterocycles. The van der Waals surface area contributed by atoms with Gasteiger partial charge in [-0.2, -0.15) is 0 Å². The zero-order valence-corrected chi connectivity index (χ0v) is 13.0. The molecule has 19 heavy (non-hydrogen) atoms. The Hall–Kier alpha value is -0.330. The maximum absolute atomic E-state index is 12.3. The average molecular weight is 264 g/mol. The summed E-state index contributed by atoms with van der Waals surface area (Å²) in [5.41, 5.74) is 0. The molecule has 0 aromatic carbocycles. The van der Waals surface area contributed by atoms with Gasteiger partial charge in [0.25, 0.3) is 0 Å². The van der Waals surface area contributed by atoms with E-state index in [2.05, 4.69) is 13.8 Å². The van der Waals surface area contributed by atoms with Crippen LogP contribution in [0.4, 0.5) is 0 Å². The highest BCUT2D eigenvalue weighted by Gasteiger charge is 2.34. The van der Waals surface area contributed by atoms with E-state index >= 15 is 0 Å². The number of ketones is 1. The van der Waals surface area contributed by atoms with Crippen LogP contribution in [0.25, 0.3) is 0 Å². The maximum atomic E-state index is 12.3. The van der Waals surface area contributed by atoms with Crippen molar-refractivity contribution in [2.45, 2.75) is 84.5 Å². The molecule has 2 saturated carbocycles.